The lowest BCUT2D eigenvalue weighted by Gasteiger charge is -2.25. The number of aliphatic hydroxyl groups excluding tert-OH is 1. The van der Waals surface area contributed by atoms with Crippen LogP contribution in [-0.4, -0.2) is 76.3 Å². The van der Waals surface area contributed by atoms with Crippen LogP contribution in [0.25, 0.3) is 0 Å². The van der Waals surface area contributed by atoms with Gasteiger partial charge in [0.25, 0.3) is 0 Å². The highest BCUT2D eigenvalue weighted by Crippen LogP contribution is 2.27. The van der Waals surface area contributed by atoms with Gasteiger partial charge in [0, 0.05) is 25.2 Å². The van der Waals surface area contributed by atoms with Gasteiger partial charge in [-0.25, -0.2) is 9.78 Å². The molecule has 2 saturated heterocycles. The Morgan fingerprint density at radius 1 is 1.29 bits per heavy atom. The van der Waals surface area contributed by atoms with Gasteiger partial charge in [-0.05, 0) is 13.8 Å². The quantitative estimate of drug-likeness (QED) is 0.600. The van der Waals surface area contributed by atoms with E-state index in [-0.39, 0.29) is 29.6 Å². The van der Waals surface area contributed by atoms with Crippen molar-refractivity contribution in [2.75, 3.05) is 43.1 Å². The predicted octanol–water partition coefficient (Wildman–Crippen LogP) is 1.83. The fourth-order valence-electron chi connectivity index (χ4n) is 3.50. The number of amides is 1. The van der Waals surface area contributed by atoms with E-state index in [4.69, 9.17) is 25.6 Å². The minimum atomic E-state index is -0.796. The van der Waals surface area contributed by atoms with Gasteiger partial charge in [-0.3, -0.25) is 9.80 Å². The van der Waals surface area contributed by atoms with Crippen molar-refractivity contribution in [3.8, 4) is 0 Å². The molecule has 0 aromatic carbocycles. The molecule has 4 rings (SSSR count). The van der Waals surface area contributed by atoms with Crippen LogP contribution < -0.4 is 10.2 Å². The number of cyclic esters (lactones) is 1. The fourth-order valence-corrected chi connectivity index (χ4v) is 3.68. The van der Waals surface area contributed by atoms with Gasteiger partial charge < -0.3 is 24.4 Å². The van der Waals surface area contributed by atoms with Crippen LogP contribution in [0, 0.1) is 0 Å². The summed E-state index contributed by atoms with van der Waals surface area (Å²) in [4.78, 5) is 24.3. The van der Waals surface area contributed by atoms with Gasteiger partial charge in [0.1, 0.15) is 29.3 Å². The van der Waals surface area contributed by atoms with Crippen LogP contribution in [0.3, 0.4) is 0 Å². The third kappa shape index (κ3) is 5.06. The van der Waals surface area contributed by atoms with E-state index in [1.54, 1.807) is 6.92 Å². The van der Waals surface area contributed by atoms with Crippen LogP contribution in [0.15, 0.2) is 16.7 Å². The summed E-state index contributed by atoms with van der Waals surface area (Å²) in [7, 11) is 0. The Balaban J connectivity index is 1.46. The summed E-state index contributed by atoms with van der Waals surface area (Å²) in [5.41, 5.74) is 0.691. The first-order chi connectivity index (χ1) is 14.9. The third-order valence-corrected chi connectivity index (χ3v) is 5.43. The number of ether oxygens (including phenoxy) is 2. The zero-order chi connectivity index (χ0) is 22.0. The lowest BCUT2D eigenvalue weighted by Crippen LogP contribution is -2.41. The predicted molar refractivity (Wildman–Crippen MR) is 111 cm³/mol. The number of aromatic nitrogens is 3. The molecule has 0 radical (unpaired) electrons. The zero-order valence-corrected chi connectivity index (χ0v) is 18.1. The van der Waals surface area contributed by atoms with Crippen molar-refractivity contribution >= 4 is 29.5 Å². The summed E-state index contributed by atoms with van der Waals surface area (Å²) in [6, 6.07) is 2.52. The smallest absolute Gasteiger partial charge is 0.416 e. The summed E-state index contributed by atoms with van der Waals surface area (Å²) in [6.45, 7) is 7.36. The minimum Gasteiger partial charge on any atom is -0.447 e. The van der Waals surface area contributed by atoms with Gasteiger partial charge in [0.2, 0.25) is 5.95 Å². The standard InChI is InChI=1S/C19H25ClN6O5/c1-11(14-7-13(31-24-14)9-25-3-5-29-6-4-25)21-18-22-16(20)8-17(23-18)26-15(12(2)27)10-30-19(26)28/h7-8,11-12,15,27H,3-6,9-10H2,1-2H3,(H,21,22,23)/t11-,12+,15?/m0/s1. The number of carbonyl (C=O) groups is 1. The zero-order valence-electron chi connectivity index (χ0n) is 17.3. The molecular formula is C19H25ClN6O5. The minimum absolute atomic E-state index is 0.0716. The highest BCUT2D eigenvalue weighted by atomic mass is 35.5. The van der Waals surface area contributed by atoms with Crippen LogP contribution in [0.5, 0.6) is 0 Å². The van der Waals surface area contributed by atoms with E-state index in [1.165, 1.54) is 11.0 Å². The van der Waals surface area contributed by atoms with Crippen molar-refractivity contribution < 1.29 is 23.9 Å². The molecule has 1 amide bonds. The maximum Gasteiger partial charge on any atom is 0.416 e. The van der Waals surface area contributed by atoms with Crippen LogP contribution in [0.2, 0.25) is 5.15 Å². The molecule has 2 aromatic rings. The lowest BCUT2D eigenvalue weighted by molar-refractivity contribution is 0.0305. The summed E-state index contributed by atoms with van der Waals surface area (Å²) in [5.74, 6) is 1.23. The van der Waals surface area contributed by atoms with E-state index in [0.717, 1.165) is 18.8 Å². The molecule has 11 nitrogen and oxygen atoms in total. The van der Waals surface area contributed by atoms with Gasteiger partial charge in [-0.1, -0.05) is 16.8 Å². The van der Waals surface area contributed by atoms with Gasteiger partial charge in [-0.15, -0.1) is 0 Å². The number of hydrogen-bond acceptors (Lipinski definition) is 10. The fraction of sp³-hybridized carbons (Fsp3) is 0.579. The van der Waals surface area contributed by atoms with Crippen molar-refractivity contribution in [3.05, 3.63) is 28.7 Å². The molecule has 31 heavy (non-hydrogen) atoms. The van der Waals surface area contributed by atoms with Crippen LogP contribution in [0.4, 0.5) is 16.6 Å². The number of rotatable bonds is 7. The third-order valence-electron chi connectivity index (χ3n) is 5.24. The van der Waals surface area contributed by atoms with Gasteiger partial charge in [0.15, 0.2) is 5.76 Å². The maximum atomic E-state index is 12.2. The highest BCUT2D eigenvalue weighted by Gasteiger charge is 2.38. The molecule has 2 aliphatic rings. The number of hydrogen-bond donors (Lipinski definition) is 2. The molecule has 2 fully saturated rings. The molecule has 0 aliphatic carbocycles. The summed E-state index contributed by atoms with van der Waals surface area (Å²) in [6.07, 6.45) is -1.39. The molecule has 1 unspecified atom stereocenters. The number of halogens is 1. The average Bonchev–Trinajstić information content (AvgIpc) is 3.35. The molecule has 0 saturated carbocycles. The molecule has 4 heterocycles. The van der Waals surface area contributed by atoms with E-state index < -0.39 is 18.2 Å². The number of aliphatic hydroxyl groups is 1. The van der Waals surface area contributed by atoms with Crippen molar-refractivity contribution in [3.63, 3.8) is 0 Å². The number of carbonyl (C=O) groups excluding carboxylic acids is 1. The van der Waals surface area contributed by atoms with Gasteiger partial charge in [-0.2, -0.15) is 4.98 Å². The van der Waals surface area contributed by atoms with E-state index >= 15 is 0 Å². The summed E-state index contributed by atoms with van der Waals surface area (Å²) >= 11 is 6.16. The van der Waals surface area contributed by atoms with Crippen LogP contribution in [-0.2, 0) is 16.0 Å². The Morgan fingerprint density at radius 2 is 2.06 bits per heavy atom. The molecule has 168 valence electrons. The van der Waals surface area contributed by atoms with Gasteiger partial charge in [0.05, 0.1) is 31.9 Å². The molecule has 3 atom stereocenters. The maximum absolute atomic E-state index is 12.2. The number of nitrogens with one attached hydrogen (secondary N) is 1. The monoisotopic (exact) mass is 452 g/mol. The second-order valence-electron chi connectivity index (χ2n) is 7.60. The first kappa shape index (κ1) is 21.8. The van der Waals surface area contributed by atoms with E-state index in [9.17, 15) is 9.90 Å². The van der Waals surface area contributed by atoms with Crippen molar-refractivity contribution in [2.24, 2.45) is 0 Å². The number of morpholine rings is 1. The first-order valence-electron chi connectivity index (χ1n) is 10.1. The molecule has 2 aliphatic heterocycles. The molecule has 2 aromatic heterocycles. The molecule has 12 heteroatoms. The van der Waals surface area contributed by atoms with Crippen molar-refractivity contribution in [1.29, 1.82) is 0 Å². The first-order valence-corrected chi connectivity index (χ1v) is 10.5. The van der Waals surface area contributed by atoms with Gasteiger partial charge >= 0.3 is 6.09 Å². The molecule has 2 N–H and O–H groups in total. The Labute approximate surface area is 184 Å². The number of nitrogens with zero attached hydrogens (tertiary/aromatic N) is 5. The molecular weight excluding hydrogens is 428 g/mol. The highest BCUT2D eigenvalue weighted by molar-refractivity contribution is 6.29. The van der Waals surface area contributed by atoms with Crippen LogP contribution in [0.1, 0.15) is 31.3 Å². The van der Waals surface area contributed by atoms with Crippen molar-refractivity contribution in [2.45, 2.75) is 38.6 Å². The second kappa shape index (κ2) is 9.35. The van der Waals surface area contributed by atoms with Crippen LogP contribution >= 0.6 is 11.6 Å². The van der Waals surface area contributed by atoms with E-state index in [1.807, 2.05) is 13.0 Å². The Bertz CT molecular complexity index is 919. The second-order valence-corrected chi connectivity index (χ2v) is 7.99. The molecule has 0 bridgehead atoms. The SMILES string of the molecule is C[C@H](Nc1nc(Cl)cc(N2C(=O)OCC2[C@@H](C)O)n1)c1cc(CN2CCOCC2)on1. The Kier molecular flexibility index (Phi) is 6.56. The summed E-state index contributed by atoms with van der Waals surface area (Å²) in [5, 5.41) is 17.4. The Morgan fingerprint density at radius 3 is 2.81 bits per heavy atom. The van der Waals surface area contributed by atoms with E-state index in [0.29, 0.717) is 25.5 Å². The normalized spacial score (nSPS) is 21.7. The molecule has 0 spiro atoms. The topological polar surface area (TPSA) is 126 Å². The van der Waals surface area contributed by atoms with Crippen molar-refractivity contribution in [1.82, 2.24) is 20.0 Å². The summed E-state index contributed by atoms with van der Waals surface area (Å²) < 4.78 is 15.9. The number of anilines is 2. The lowest BCUT2D eigenvalue weighted by atomic mass is 10.2. The largest absolute Gasteiger partial charge is 0.447 e. The van der Waals surface area contributed by atoms with E-state index in [2.05, 4.69) is 25.3 Å². The average molecular weight is 453 g/mol. The Hall–Kier alpha value is -2.47.